The van der Waals surface area contributed by atoms with Gasteiger partial charge >= 0.3 is 0 Å². The highest BCUT2D eigenvalue weighted by atomic mass is 35.5. The fourth-order valence-corrected chi connectivity index (χ4v) is 6.14. The Kier molecular flexibility index (Phi) is 8.59. The fourth-order valence-electron chi connectivity index (χ4n) is 4.22. The Bertz CT molecular complexity index is 1470. The Balaban J connectivity index is 0.00000336. The van der Waals surface area contributed by atoms with Crippen molar-refractivity contribution in [1.82, 2.24) is 9.80 Å². The third kappa shape index (κ3) is 5.94. The van der Waals surface area contributed by atoms with Crippen molar-refractivity contribution < 1.29 is 39.5 Å². The van der Waals surface area contributed by atoms with Crippen molar-refractivity contribution in [2.45, 2.75) is 11.4 Å². The van der Waals surface area contributed by atoms with E-state index in [1.807, 2.05) is 18.2 Å². The number of carbonyl (C=O) groups excluding carboxylic acids is 1. The molecular weight excluding hydrogens is 580 g/mol. The normalized spacial score (nSPS) is 15.2. The number of halogens is 4. The second-order valence-electron chi connectivity index (χ2n) is 8.60. The molecular formula is C25H22Cl3FN3O5S-. The molecule has 0 aliphatic carbocycles. The van der Waals surface area contributed by atoms with Crippen LogP contribution in [0.2, 0.25) is 10.0 Å². The second kappa shape index (κ2) is 11.5. The molecule has 8 nitrogen and oxygen atoms in total. The molecule has 5 rings (SSSR count). The lowest BCUT2D eigenvalue weighted by Crippen LogP contribution is -3.00. The van der Waals surface area contributed by atoms with Gasteiger partial charge in [0.15, 0.2) is 11.5 Å². The Morgan fingerprint density at radius 1 is 0.947 bits per heavy atom. The number of ether oxygens (including phenoxy) is 2. The molecule has 0 unspecified atom stereocenters. The molecule has 2 aliphatic heterocycles. The first-order valence-electron chi connectivity index (χ1n) is 11.4. The van der Waals surface area contributed by atoms with E-state index in [0.717, 1.165) is 29.2 Å². The zero-order valence-electron chi connectivity index (χ0n) is 19.8. The molecule has 1 amide bonds. The average Bonchev–Trinajstić information content (AvgIpc) is 3.33. The van der Waals surface area contributed by atoms with E-state index >= 15 is 0 Å². The molecule has 0 aromatic heterocycles. The highest BCUT2D eigenvalue weighted by Crippen LogP contribution is 2.33. The van der Waals surface area contributed by atoms with Crippen LogP contribution in [-0.2, 0) is 16.6 Å². The van der Waals surface area contributed by atoms with Crippen LogP contribution in [0.3, 0.4) is 0 Å². The van der Waals surface area contributed by atoms with Gasteiger partial charge in [0, 0.05) is 32.7 Å². The van der Waals surface area contributed by atoms with Gasteiger partial charge in [-0.3, -0.25) is 14.4 Å². The van der Waals surface area contributed by atoms with Gasteiger partial charge in [-0.15, -0.1) is 0 Å². The smallest absolute Gasteiger partial charge is 0.263 e. The number of para-hydroxylation sites is 1. The predicted molar refractivity (Wildman–Crippen MR) is 137 cm³/mol. The van der Waals surface area contributed by atoms with Crippen molar-refractivity contribution >= 4 is 44.8 Å². The summed E-state index contributed by atoms with van der Waals surface area (Å²) in [5, 5.41) is -0.151. The van der Waals surface area contributed by atoms with E-state index in [4.69, 9.17) is 32.7 Å². The van der Waals surface area contributed by atoms with E-state index in [9.17, 15) is 17.6 Å². The zero-order valence-corrected chi connectivity index (χ0v) is 22.9. The summed E-state index contributed by atoms with van der Waals surface area (Å²) < 4.78 is 52.9. The molecule has 0 radical (unpaired) electrons. The number of fused-ring (bicyclic) bond motifs is 1. The highest BCUT2D eigenvalue weighted by Gasteiger charge is 2.28. The molecule has 13 heteroatoms. The summed E-state index contributed by atoms with van der Waals surface area (Å²) >= 11 is 12.5. The van der Waals surface area contributed by atoms with Crippen LogP contribution in [-0.4, -0.2) is 57.1 Å². The van der Waals surface area contributed by atoms with Crippen LogP contribution in [0.1, 0.15) is 15.9 Å². The number of nitrogens with zero attached hydrogens (tertiary/aromatic N) is 2. The molecule has 1 fully saturated rings. The fraction of sp³-hybridized carbons (Fsp3) is 0.240. The average molecular weight is 602 g/mol. The molecule has 0 saturated carbocycles. The summed E-state index contributed by atoms with van der Waals surface area (Å²) in [6, 6.07) is 13.5. The lowest BCUT2D eigenvalue weighted by atomic mass is 10.1. The van der Waals surface area contributed by atoms with E-state index < -0.39 is 21.7 Å². The van der Waals surface area contributed by atoms with Gasteiger partial charge in [0.05, 0.1) is 21.3 Å². The summed E-state index contributed by atoms with van der Waals surface area (Å²) in [4.78, 5) is 16.7. The Labute approximate surface area is 235 Å². The number of anilines is 1. The third-order valence-corrected chi connectivity index (χ3v) is 8.31. The van der Waals surface area contributed by atoms with Crippen molar-refractivity contribution in [3.63, 3.8) is 0 Å². The number of sulfonamides is 1. The van der Waals surface area contributed by atoms with E-state index in [1.165, 1.54) is 24.3 Å². The molecule has 0 atom stereocenters. The minimum absolute atomic E-state index is 0. The molecule has 1 saturated heterocycles. The van der Waals surface area contributed by atoms with E-state index in [1.54, 1.807) is 4.90 Å². The van der Waals surface area contributed by atoms with Crippen LogP contribution in [0.4, 0.5) is 10.1 Å². The van der Waals surface area contributed by atoms with E-state index in [0.29, 0.717) is 32.7 Å². The number of hydrogen-bond acceptors (Lipinski definition) is 6. The first-order chi connectivity index (χ1) is 17.7. The molecule has 2 heterocycles. The number of hydrogen-bond donors (Lipinski definition) is 1. The van der Waals surface area contributed by atoms with Crippen LogP contribution in [0.15, 0.2) is 59.5 Å². The summed E-state index contributed by atoms with van der Waals surface area (Å²) in [7, 11) is -4.30. The Morgan fingerprint density at radius 2 is 1.66 bits per heavy atom. The summed E-state index contributed by atoms with van der Waals surface area (Å²) in [6.45, 7) is 2.99. The molecule has 2 aliphatic rings. The topological polar surface area (TPSA) is 88.2 Å². The van der Waals surface area contributed by atoms with Gasteiger partial charge in [-0.1, -0.05) is 41.4 Å². The first-order valence-corrected chi connectivity index (χ1v) is 13.6. The van der Waals surface area contributed by atoms with Crippen LogP contribution < -0.4 is 26.6 Å². The number of carbonyl (C=O) groups is 1. The Morgan fingerprint density at radius 3 is 2.39 bits per heavy atom. The summed E-state index contributed by atoms with van der Waals surface area (Å²) in [5.74, 6) is 0.293. The SMILES string of the molecule is O=C(c1cc(S(=O)(=O)Nc2ccccc2F)c(Cl)cc1Cl)N1CCN(Cc2ccc3c(c2)OCO3)CC1.[Cl-]. The van der Waals surface area contributed by atoms with Crippen LogP contribution in [0.5, 0.6) is 11.5 Å². The maximum Gasteiger partial charge on any atom is 0.263 e. The summed E-state index contributed by atoms with van der Waals surface area (Å²) in [6.07, 6.45) is 0. The molecule has 3 aromatic carbocycles. The predicted octanol–water partition coefficient (Wildman–Crippen LogP) is 1.62. The standard InChI is InChI=1S/C25H22Cl2FN3O5S.ClH/c26-18-13-19(27)24(37(33,34)29-21-4-2-1-3-20(21)28)12-17(18)25(32)31-9-7-30(8-10-31)14-16-5-6-22-23(11-16)36-15-35-22;/h1-6,11-13,29H,7-10,14-15H2;1H/p-1. The Hall–Kier alpha value is -2.76. The second-order valence-corrected chi connectivity index (χ2v) is 11.1. The van der Waals surface area contributed by atoms with Crippen molar-refractivity contribution in [3.05, 3.63) is 81.6 Å². The van der Waals surface area contributed by atoms with E-state index in [-0.39, 0.29) is 45.4 Å². The number of piperazine rings is 1. The van der Waals surface area contributed by atoms with Crippen molar-refractivity contribution in [3.8, 4) is 11.5 Å². The maximum atomic E-state index is 14.0. The molecule has 1 N–H and O–H groups in total. The first kappa shape index (κ1) is 28.3. The van der Waals surface area contributed by atoms with Crippen molar-refractivity contribution in [2.24, 2.45) is 0 Å². The van der Waals surface area contributed by atoms with Crippen molar-refractivity contribution in [1.29, 1.82) is 0 Å². The summed E-state index contributed by atoms with van der Waals surface area (Å²) in [5.41, 5.74) is 0.839. The molecule has 3 aromatic rings. The third-order valence-electron chi connectivity index (χ3n) is 6.16. The van der Waals surface area contributed by atoms with Gasteiger partial charge < -0.3 is 26.8 Å². The monoisotopic (exact) mass is 600 g/mol. The quantitative estimate of drug-likeness (QED) is 0.462. The maximum absolute atomic E-state index is 14.0. The molecule has 38 heavy (non-hydrogen) atoms. The largest absolute Gasteiger partial charge is 1.00 e. The highest BCUT2D eigenvalue weighted by molar-refractivity contribution is 7.92. The minimum atomic E-state index is -4.30. The van der Waals surface area contributed by atoms with Gasteiger partial charge in [-0.2, -0.15) is 0 Å². The van der Waals surface area contributed by atoms with Crippen molar-refractivity contribution in [2.75, 3.05) is 37.7 Å². The van der Waals surface area contributed by atoms with Gasteiger partial charge in [0.1, 0.15) is 10.7 Å². The molecule has 0 bridgehead atoms. The van der Waals surface area contributed by atoms with Crippen LogP contribution in [0.25, 0.3) is 0 Å². The van der Waals surface area contributed by atoms with Crippen LogP contribution >= 0.6 is 23.2 Å². The van der Waals surface area contributed by atoms with Gasteiger partial charge in [0.2, 0.25) is 6.79 Å². The number of rotatable bonds is 6. The zero-order chi connectivity index (χ0) is 26.2. The van der Waals surface area contributed by atoms with Gasteiger partial charge in [-0.25, -0.2) is 12.8 Å². The molecule has 0 spiro atoms. The van der Waals surface area contributed by atoms with Gasteiger partial charge in [-0.05, 0) is 42.0 Å². The number of nitrogens with one attached hydrogen (secondary N) is 1. The lowest BCUT2D eigenvalue weighted by Gasteiger charge is -2.35. The number of benzene rings is 3. The van der Waals surface area contributed by atoms with Crippen LogP contribution in [0, 0.1) is 5.82 Å². The number of amides is 1. The van der Waals surface area contributed by atoms with E-state index in [2.05, 4.69) is 9.62 Å². The lowest BCUT2D eigenvalue weighted by molar-refractivity contribution is -0.0000226. The minimum Gasteiger partial charge on any atom is -1.00 e. The molecule has 202 valence electrons. The van der Waals surface area contributed by atoms with Gasteiger partial charge in [0.25, 0.3) is 15.9 Å².